The van der Waals surface area contributed by atoms with Gasteiger partial charge in [0.25, 0.3) is 0 Å². The van der Waals surface area contributed by atoms with Crippen LogP contribution in [0.15, 0.2) is 6.07 Å². The van der Waals surface area contributed by atoms with Crippen molar-refractivity contribution < 1.29 is 5.11 Å². The molecular formula is C12H21N3O. The number of nitrogen functional groups attached to an aromatic ring is 1. The van der Waals surface area contributed by atoms with Crippen molar-refractivity contribution in [1.29, 1.82) is 0 Å². The molecule has 1 aromatic rings. The number of nitrogens with zero attached hydrogens (tertiary/aromatic N) is 2. The maximum atomic E-state index is 8.91. The van der Waals surface area contributed by atoms with Crippen LogP contribution in [0.25, 0.3) is 0 Å². The summed E-state index contributed by atoms with van der Waals surface area (Å²) in [5.74, 6) is 1.17. The van der Waals surface area contributed by atoms with Crippen LogP contribution in [0.3, 0.4) is 0 Å². The van der Waals surface area contributed by atoms with E-state index < -0.39 is 0 Å². The van der Waals surface area contributed by atoms with Gasteiger partial charge in [0.1, 0.15) is 5.82 Å². The molecule has 0 bridgehead atoms. The third-order valence-electron chi connectivity index (χ3n) is 3.76. The molecule has 1 aliphatic carbocycles. The van der Waals surface area contributed by atoms with Gasteiger partial charge in [-0.1, -0.05) is 20.3 Å². The second kappa shape index (κ2) is 4.09. The second-order valence-corrected chi connectivity index (χ2v) is 5.37. The Kier molecular flexibility index (Phi) is 2.93. The fraction of sp³-hybridized carbons (Fsp3) is 0.750. The molecule has 1 heterocycles. The van der Waals surface area contributed by atoms with E-state index in [1.807, 2.05) is 6.07 Å². The Morgan fingerprint density at radius 1 is 1.62 bits per heavy atom. The van der Waals surface area contributed by atoms with Gasteiger partial charge in [-0.15, -0.1) is 0 Å². The summed E-state index contributed by atoms with van der Waals surface area (Å²) in [5.41, 5.74) is 7.29. The first-order valence-corrected chi connectivity index (χ1v) is 5.98. The zero-order valence-corrected chi connectivity index (χ0v) is 10.1. The first-order valence-electron chi connectivity index (χ1n) is 5.98. The number of hydrogen-bond donors (Lipinski definition) is 2. The quantitative estimate of drug-likeness (QED) is 0.820. The molecule has 0 spiro atoms. The molecule has 16 heavy (non-hydrogen) atoms. The first kappa shape index (κ1) is 11.5. The number of aliphatic hydroxyl groups is 1. The fourth-order valence-electron chi connectivity index (χ4n) is 2.77. The lowest BCUT2D eigenvalue weighted by Gasteiger charge is -2.25. The molecular weight excluding hydrogens is 202 g/mol. The molecule has 1 unspecified atom stereocenters. The van der Waals surface area contributed by atoms with Crippen molar-refractivity contribution >= 4 is 5.82 Å². The molecule has 0 amide bonds. The number of hydrogen-bond acceptors (Lipinski definition) is 3. The lowest BCUT2D eigenvalue weighted by atomic mass is 9.80. The zero-order chi connectivity index (χ0) is 11.8. The van der Waals surface area contributed by atoms with Gasteiger partial charge in [0.15, 0.2) is 0 Å². The van der Waals surface area contributed by atoms with Crippen LogP contribution < -0.4 is 5.73 Å². The van der Waals surface area contributed by atoms with Gasteiger partial charge in [0, 0.05) is 12.0 Å². The molecule has 3 N–H and O–H groups in total. The highest BCUT2D eigenvalue weighted by molar-refractivity contribution is 5.33. The number of nitrogens with two attached hydrogens (primary N) is 1. The summed E-state index contributed by atoms with van der Waals surface area (Å²) in [4.78, 5) is 0. The predicted molar refractivity (Wildman–Crippen MR) is 64.1 cm³/mol. The van der Waals surface area contributed by atoms with Crippen molar-refractivity contribution in [1.82, 2.24) is 9.78 Å². The van der Waals surface area contributed by atoms with Crippen LogP contribution in [0, 0.1) is 5.41 Å². The molecule has 0 aromatic carbocycles. The molecule has 4 nitrogen and oxygen atoms in total. The lowest BCUT2D eigenvalue weighted by Crippen LogP contribution is -2.16. The molecule has 2 rings (SSSR count). The van der Waals surface area contributed by atoms with E-state index in [1.165, 1.54) is 19.3 Å². The fourth-order valence-corrected chi connectivity index (χ4v) is 2.77. The number of anilines is 1. The zero-order valence-electron chi connectivity index (χ0n) is 10.1. The minimum Gasteiger partial charge on any atom is -0.394 e. The standard InChI is InChI=1S/C12H21N3O/c1-12(2)5-3-4-9(12)10-8-11(13)15(14-10)6-7-16/h8-9,16H,3-7,13H2,1-2H3. The molecule has 1 saturated carbocycles. The van der Waals surface area contributed by atoms with Gasteiger partial charge < -0.3 is 10.8 Å². The minimum atomic E-state index is 0.0827. The maximum absolute atomic E-state index is 8.91. The van der Waals surface area contributed by atoms with Gasteiger partial charge in [-0.25, -0.2) is 4.68 Å². The molecule has 1 fully saturated rings. The van der Waals surface area contributed by atoms with E-state index in [0.717, 1.165) is 5.69 Å². The Balaban J connectivity index is 2.24. The van der Waals surface area contributed by atoms with Crippen molar-refractivity contribution in [3.63, 3.8) is 0 Å². The molecule has 4 heteroatoms. The topological polar surface area (TPSA) is 64.1 Å². The molecule has 1 atom stereocenters. The molecule has 0 saturated heterocycles. The average Bonchev–Trinajstić information content (AvgIpc) is 2.71. The summed E-state index contributed by atoms with van der Waals surface area (Å²) in [6.45, 7) is 5.16. The molecule has 1 aromatic heterocycles. The van der Waals surface area contributed by atoms with Crippen molar-refractivity contribution in [3.05, 3.63) is 11.8 Å². The van der Waals surface area contributed by atoms with Gasteiger partial charge in [-0.05, 0) is 18.3 Å². The van der Waals surface area contributed by atoms with E-state index in [2.05, 4.69) is 18.9 Å². The van der Waals surface area contributed by atoms with Gasteiger partial charge >= 0.3 is 0 Å². The van der Waals surface area contributed by atoms with Crippen LogP contribution >= 0.6 is 0 Å². The normalized spacial score (nSPS) is 23.8. The van der Waals surface area contributed by atoms with E-state index in [9.17, 15) is 0 Å². The number of rotatable bonds is 3. The second-order valence-electron chi connectivity index (χ2n) is 5.37. The summed E-state index contributed by atoms with van der Waals surface area (Å²) in [6, 6.07) is 1.97. The molecule has 1 aliphatic rings. The minimum absolute atomic E-state index is 0.0827. The Morgan fingerprint density at radius 2 is 2.38 bits per heavy atom. The average molecular weight is 223 g/mol. The van der Waals surface area contributed by atoms with Crippen molar-refractivity contribution in [3.8, 4) is 0 Å². The highest BCUT2D eigenvalue weighted by Crippen LogP contribution is 2.48. The Bertz CT molecular complexity index is 370. The molecule has 0 aliphatic heterocycles. The number of aliphatic hydroxyl groups excluding tert-OH is 1. The van der Waals surface area contributed by atoms with Crippen molar-refractivity contribution in [2.75, 3.05) is 12.3 Å². The molecule has 90 valence electrons. The van der Waals surface area contributed by atoms with Crippen LogP contribution in [0.1, 0.15) is 44.7 Å². The monoisotopic (exact) mass is 223 g/mol. The van der Waals surface area contributed by atoms with Gasteiger partial charge in [-0.2, -0.15) is 5.10 Å². The Morgan fingerprint density at radius 3 is 2.94 bits per heavy atom. The van der Waals surface area contributed by atoms with E-state index in [0.29, 0.717) is 23.7 Å². The third kappa shape index (κ3) is 1.94. The van der Waals surface area contributed by atoms with Crippen molar-refractivity contribution in [2.24, 2.45) is 5.41 Å². The summed E-state index contributed by atoms with van der Waals surface area (Å²) < 4.78 is 1.70. The van der Waals surface area contributed by atoms with E-state index in [1.54, 1.807) is 4.68 Å². The highest BCUT2D eigenvalue weighted by Gasteiger charge is 2.37. The summed E-state index contributed by atoms with van der Waals surface area (Å²) in [6.07, 6.45) is 3.72. The summed E-state index contributed by atoms with van der Waals surface area (Å²) in [7, 11) is 0. The van der Waals surface area contributed by atoms with Crippen LogP contribution in [0.4, 0.5) is 5.82 Å². The Labute approximate surface area is 96.5 Å². The summed E-state index contributed by atoms with van der Waals surface area (Å²) >= 11 is 0. The van der Waals surface area contributed by atoms with Gasteiger partial charge in [0.2, 0.25) is 0 Å². The SMILES string of the molecule is CC1(C)CCCC1c1cc(N)n(CCO)n1. The Hall–Kier alpha value is -1.03. The van der Waals surface area contributed by atoms with Crippen LogP contribution in [0.5, 0.6) is 0 Å². The van der Waals surface area contributed by atoms with Crippen LogP contribution in [-0.2, 0) is 6.54 Å². The van der Waals surface area contributed by atoms with Crippen LogP contribution in [0.2, 0.25) is 0 Å². The maximum Gasteiger partial charge on any atom is 0.122 e. The van der Waals surface area contributed by atoms with E-state index in [-0.39, 0.29) is 6.61 Å². The highest BCUT2D eigenvalue weighted by atomic mass is 16.3. The lowest BCUT2D eigenvalue weighted by molar-refractivity contribution is 0.268. The van der Waals surface area contributed by atoms with Gasteiger partial charge in [-0.3, -0.25) is 0 Å². The first-order chi connectivity index (χ1) is 7.54. The predicted octanol–water partition coefficient (Wildman–Crippen LogP) is 1.75. The van der Waals surface area contributed by atoms with Crippen molar-refractivity contribution in [2.45, 2.75) is 45.6 Å². The van der Waals surface area contributed by atoms with E-state index in [4.69, 9.17) is 10.8 Å². The summed E-state index contributed by atoms with van der Waals surface area (Å²) in [5, 5.41) is 13.4. The van der Waals surface area contributed by atoms with Gasteiger partial charge in [0.05, 0.1) is 18.8 Å². The third-order valence-corrected chi connectivity index (χ3v) is 3.76. The van der Waals surface area contributed by atoms with Crippen LogP contribution in [-0.4, -0.2) is 21.5 Å². The van der Waals surface area contributed by atoms with E-state index >= 15 is 0 Å². The smallest absolute Gasteiger partial charge is 0.122 e. The molecule has 0 radical (unpaired) electrons. The largest absolute Gasteiger partial charge is 0.394 e. The number of aromatic nitrogens is 2.